The molecular weight excluding hydrogens is 326 g/mol. The van der Waals surface area contributed by atoms with E-state index in [1.165, 1.54) is 10.6 Å². The van der Waals surface area contributed by atoms with Gasteiger partial charge in [-0.05, 0) is 57.6 Å². The molecule has 0 spiro atoms. The Labute approximate surface area is 145 Å². The maximum absolute atomic E-state index is 12.1. The van der Waals surface area contributed by atoms with Crippen LogP contribution in [0.2, 0.25) is 0 Å². The number of carbonyl (C=O) groups excluding carboxylic acids is 1. The minimum atomic E-state index is -3.38. The third-order valence-corrected chi connectivity index (χ3v) is 4.74. The van der Waals surface area contributed by atoms with E-state index in [-0.39, 0.29) is 5.91 Å². The number of anilines is 1. The van der Waals surface area contributed by atoms with Crippen molar-refractivity contribution in [3.8, 4) is 0 Å². The molecular formula is C17H29N3O3S. The molecule has 0 aliphatic heterocycles. The van der Waals surface area contributed by atoms with Crippen molar-refractivity contribution in [2.45, 2.75) is 26.7 Å². The molecule has 0 unspecified atom stereocenters. The molecule has 136 valence electrons. The Hall–Kier alpha value is -1.60. The number of hydrogen-bond acceptors (Lipinski definition) is 4. The van der Waals surface area contributed by atoms with Crippen molar-refractivity contribution in [2.75, 3.05) is 44.3 Å². The van der Waals surface area contributed by atoms with Crippen LogP contribution in [0, 0.1) is 13.8 Å². The van der Waals surface area contributed by atoms with Crippen molar-refractivity contribution in [3.63, 3.8) is 0 Å². The first kappa shape index (κ1) is 20.4. The quantitative estimate of drug-likeness (QED) is 0.729. The lowest BCUT2D eigenvalue weighted by molar-refractivity contribution is -0.121. The Morgan fingerprint density at radius 1 is 1.08 bits per heavy atom. The number of rotatable bonds is 9. The lowest BCUT2D eigenvalue weighted by Gasteiger charge is -2.23. The van der Waals surface area contributed by atoms with Gasteiger partial charge in [0.2, 0.25) is 15.9 Å². The highest BCUT2D eigenvalue weighted by molar-refractivity contribution is 7.92. The second-order valence-corrected chi connectivity index (χ2v) is 8.34. The lowest BCUT2D eigenvalue weighted by Crippen LogP contribution is -2.33. The van der Waals surface area contributed by atoms with Crippen LogP contribution in [0.15, 0.2) is 18.2 Å². The van der Waals surface area contributed by atoms with Crippen LogP contribution >= 0.6 is 0 Å². The minimum Gasteiger partial charge on any atom is -0.355 e. The molecule has 1 aromatic carbocycles. The summed E-state index contributed by atoms with van der Waals surface area (Å²) in [6.45, 7) is 5.55. The lowest BCUT2D eigenvalue weighted by atomic mass is 10.1. The summed E-state index contributed by atoms with van der Waals surface area (Å²) in [7, 11) is 0.506. The molecule has 0 atom stereocenters. The number of sulfonamides is 1. The number of carbonyl (C=O) groups is 1. The van der Waals surface area contributed by atoms with Gasteiger partial charge in [-0.25, -0.2) is 8.42 Å². The third kappa shape index (κ3) is 7.31. The molecule has 0 bridgehead atoms. The first-order valence-corrected chi connectivity index (χ1v) is 9.92. The van der Waals surface area contributed by atoms with Gasteiger partial charge in [0.05, 0.1) is 11.9 Å². The van der Waals surface area contributed by atoms with E-state index >= 15 is 0 Å². The molecule has 1 rings (SSSR count). The molecule has 1 amide bonds. The number of aryl methyl sites for hydroxylation is 2. The molecule has 0 aromatic heterocycles. The normalized spacial score (nSPS) is 11.6. The van der Waals surface area contributed by atoms with Gasteiger partial charge in [0.15, 0.2) is 0 Å². The fourth-order valence-electron chi connectivity index (χ4n) is 2.47. The molecule has 0 fully saturated rings. The van der Waals surface area contributed by atoms with E-state index < -0.39 is 10.0 Å². The number of amides is 1. The SMILES string of the molecule is Cc1cc(C)cc(N(CCCC(=O)NCCN(C)C)S(C)(=O)=O)c1. The molecule has 0 aliphatic rings. The number of hydrogen-bond donors (Lipinski definition) is 1. The maximum atomic E-state index is 12.1. The average molecular weight is 356 g/mol. The standard InChI is InChI=1S/C17H29N3O3S/c1-14-11-15(2)13-16(12-14)20(24(5,22)23)9-6-7-17(21)18-8-10-19(3)4/h11-13H,6-10H2,1-5H3,(H,18,21). The maximum Gasteiger partial charge on any atom is 0.232 e. The number of likely N-dealkylation sites (N-methyl/N-ethyl adjacent to an activating group) is 1. The second-order valence-electron chi connectivity index (χ2n) is 6.44. The van der Waals surface area contributed by atoms with Crippen LogP contribution < -0.4 is 9.62 Å². The Kier molecular flexibility index (Phi) is 7.69. The minimum absolute atomic E-state index is 0.0503. The number of benzene rings is 1. The topological polar surface area (TPSA) is 69.7 Å². The first-order valence-electron chi connectivity index (χ1n) is 8.07. The summed E-state index contributed by atoms with van der Waals surface area (Å²) in [4.78, 5) is 13.8. The Balaban J connectivity index is 2.64. The smallest absolute Gasteiger partial charge is 0.232 e. The summed E-state index contributed by atoms with van der Waals surface area (Å²) in [5, 5.41) is 2.84. The van der Waals surface area contributed by atoms with Gasteiger partial charge in [0, 0.05) is 26.1 Å². The van der Waals surface area contributed by atoms with Gasteiger partial charge in [0.1, 0.15) is 0 Å². The van der Waals surface area contributed by atoms with Gasteiger partial charge in [-0.15, -0.1) is 0 Å². The van der Waals surface area contributed by atoms with Crippen LogP contribution in [-0.2, 0) is 14.8 Å². The summed E-state index contributed by atoms with van der Waals surface area (Å²) >= 11 is 0. The van der Waals surface area contributed by atoms with Crippen LogP contribution in [-0.4, -0.2) is 59.2 Å². The molecule has 1 N–H and O–H groups in total. The van der Waals surface area contributed by atoms with Crippen molar-refractivity contribution in [1.29, 1.82) is 0 Å². The molecule has 6 nitrogen and oxygen atoms in total. The van der Waals surface area contributed by atoms with E-state index in [2.05, 4.69) is 5.32 Å². The fourth-order valence-corrected chi connectivity index (χ4v) is 3.42. The van der Waals surface area contributed by atoms with Crippen LogP contribution in [0.3, 0.4) is 0 Å². The highest BCUT2D eigenvalue weighted by Gasteiger charge is 2.18. The predicted molar refractivity (Wildman–Crippen MR) is 98.9 cm³/mol. The molecule has 0 saturated carbocycles. The predicted octanol–water partition coefficient (Wildman–Crippen LogP) is 1.53. The molecule has 0 aliphatic carbocycles. The van der Waals surface area contributed by atoms with Gasteiger partial charge in [-0.3, -0.25) is 9.10 Å². The number of nitrogens with zero attached hydrogens (tertiary/aromatic N) is 2. The van der Waals surface area contributed by atoms with Crippen molar-refractivity contribution in [2.24, 2.45) is 0 Å². The third-order valence-electron chi connectivity index (χ3n) is 3.54. The second kappa shape index (κ2) is 9.03. The van der Waals surface area contributed by atoms with Crippen LogP contribution in [0.4, 0.5) is 5.69 Å². The van der Waals surface area contributed by atoms with Crippen LogP contribution in [0.1, 0.15) is 24.0 Å². The monoisotopic (exact) mass is 355 g/mol. The molecule has 0 saturated heterocycles. The summed E-state index contributed by atoms with van der Waals surface area (Å²) in [5.41, 5.74) is 2.68. The van der Waals surface area contributed by atoms with Gasteiger partial charge < -0.3 is 10.2 Å². The van der Waals surface area contributed by atoms with E-state index in [1.54, 1.807) is 0 Å². The van der Waals surface area contributed by atoms with Crippen molar-refractivity contribution in [3.05, 3.63) is 29.3 Å². The van der Waals surface area contributed by atoms with E-state index in [4.69, 9.17) is 0 Å². The molecule has 0 heterocycles. The summed E-state index contributed by atoms with van der Waals surface area (Å²) in [6, 6.07) is 5.71. The van der Waals surface area contributed by atoms with Crippen molar-refractivity contribution < 1.29 is 13.2 Å². The summed E-state index contributed by atoms with van der Waals surface area (Å²) in [6.07, 6.45) is 1.99. The average Bonchev–Trinajstić information content (AvgIpc) is 2.40. The Morgan fingerprint density at radius 2 is 1.67 bits per heavy atom. The van der Waals surface area contributed by atoms with E-state index in [1.807, 2.05) is 51.0 Å². The largest absolute Gasteiger partial charge is 0.355 e. The zero-order valence-electron chi connectivity index (χ0n) is 15.3. The van der Waals surface area contributed by atoms with Crippen molar-refractivity contribution >= 4 is 21.6 Å². The zero-order valence-corrected chi connectivity index (χ0v) is 16.1. The Morgan fingerprint density at radius 3 is 2.17 bits per heavy atom. The highest BCUT2D eigenvalue weighted by Crippen LogP contribution is 2.21. The van der Waals surface area contributed by atoms with E-state index in [9.17, 15) is 13.2 Å². The zero-order chi connectivity index (χ0) is 18.3. The molecule has 7 heteroatoms. The first-order chi connectivity index (χ1) is 11.1. The highest BCUT2D eigenvalue weighted by atomic mass is 32.2. The van der Waals surface area contributed by atoms with Crippen LogP contribution in [0.25, 0.3) is 0 Å². The summed E-state index contributed by atoms with van der Waals surface area (Å²) in [5.74, 6) is -0.0503. The van der Waals surface area contributed by atoms with Gasteiger partial charge >= 0.3 is 0 Å². The van der Waals surface area contributed by atoms with E-state index in [0.717, 1.165) is 17.7 Å². The van der Waals surface area contributed by atoms with Crippen molar-refractivity contribution in [1.82, 2.24) is 10.2 Å². The number of nitrogens with one attached hydrogen (secondary N) is 1. The van der Waals surface area contributed by atoms with E-state index in [0.29, 0.717) is 31.6 Å². The molecule has 24 heavy (non-hydrogen) atoms. The van der Waals surface area contributed by atoms with Gasteiger partial charge in [-0.2, -0.15) is 0 Å². The fraction of sp³-hybridized carbons (Fsp3) is 0.588. The van der Waals surface area contributed by atoms with Gasteiger partial charge in [-0.1, -0.05) is 6.07 Å². The molecule has 0 radical (unpaired) electrons. The van der Waals surface area contributed by atoms with Crippen LogP contribution in [0.5, 0.6) is 0 Å². The molecule has 1 aromatic rings. The Bertz CT molecular complexity index is 637. The summed E-state index contributed by atoms with van der Waals surface area (Å²) < 4.78 is 25.6. The van der Waals surface area contributed by atoms with Gasteiger partial charge in [0.25, 0.3) is 0 Å².